The van der Waals surface area contributed by atoms with Crippen LogP contribution in [0.25, 0.3) is 5.57 Å². The maximum Gasteiger partial charge on any atom is 0.411 e. The van der Waals surface area contributed by atoms with Gasteiger partial charge >= 0.3 is 12.1 Å². The van der Waals surface area contributed by atoms with Crippen LogP contribution in [0.15, 0.2) is 6.08 Å². The van der Waals surface area contributed by atoms with Crippen LogP contribution in [-0.4, -0.2) is 58.3 Å². The fourth-order valence-corrected chi connectivity index (χ4v) is 3.49. The SMILES string of the molecule is CCOC(=O)C1CC=C(c2c(OC)nsc2CO)CN1C(=O)OC(C)(C)C. The van der Waals surface area contributed by atoms with E-state index in [2.05, 4.69) is 4.37 Å². The van der Waals surface area contributed by atoms with E-state index in [1.54, 1.807) is 27.7 Å². The monoisotopic (exact) mass is 398 g/mol. The third-order valence-electron chi connectivity index (χ3n) is 3.88. The van der Waals surface area contributed by atoms with Gasteiger partial charge in [0.1, 0.15) is 11.6 Å². The Morgan fingerprint density at radius 3 is 2.67 bits per heavy atom. The highest BCUT2D eigenvalue weighted by Crippen LogP contribution is 2.36. The molecule has 0 aliphatic carbocycles. The molecule has 1 N–H and O–H groups in total. The Morgan fingerprint density at radius 1 is 1.41 bits per heavy atom. The minimum Gasteiger partial charge on any atom is -0.480 e. The highest BCUT2D eigenvalue weighted by atomic mass is 32.1. The lowest BCUT2D eigenvalue weighted by atomic mass is 9.97. The van der Waals surface area contributed by atoms with E-state index in [1.165, 1.54) is 12.0 Å². The largest absolute Gasteiger partial charge is 0.480 e. The molecule has 1 aromatic heterocycles. The van der Waals surface area contributed by atoms with Crippen LogP contribution in [0.2, 0.25) is 0 Å². The van der Waals surface area contributed by atoms with E-state index >= 15 is 0 Å². The average Bonchev–Trinajstić information content (AvgIpc) is 3.03. The number of nitrogens with zero attached hydrogens (tertiary/aromatic N) is 2. The van der Waals surface area contributed by atoms with E-state index in [4.69, 9.17) is 14.2 Å². The van der Waals surface area contributed by atoms with Gasteiger partial charge in [0.2, 0.25) is 5.88 Å². The molecule has 0 saturated carbocycles. The molecule has 27 heavy (non-hydrogen) atoms. The minimum absolute atomic E-state index is 0.125. The lowest BCUT2D eigenvalue weighted by Crippen LogP contribution is -2.50. The van der Waals surface area contributed by atoms with Crippen molar-refractivity contribution in [1.82, 2.24) is 9.27 Å². The van der Waals surface area contributed by atoms with Crippen LogP contribution in [0, 0.1) is 0 Å². The second-order valence-corrected chi connectivity index (χ2v) is 7.85. The van der Waals surface area contributed by atoms with Gasteiger partial charge < -0.3 is 19.3 Å². The summed E-state index contributed by atoms with van der Waals surface area (Å²) in [6, 6.07) is -0.765. The average molecular weight is 398 g/mol. The van der Waals surface area contributed by atoms with Crippen LogP contribution >= 0.6 is 11.5 Å². The van der Waals surface area contributed by atoms with Crippen molar-refractivity contribution in [1.29, 1.82) is 0 Å². The molecule has 9 heteroatoms. The van der Waals surface area contributed by atoms with Crippen LogP contribution in [-0.2, 0) is 20.9 Å². The molecule has 1 amide bonds. The third-order valence-corrected chi connectivity index (χ3v) is 4.69. The zero-order valence-corrected chi connectivity index (χ0v) is 17.1. The van der Waals surface area contributed by atoms with E-state index in [9.17, 15) is 14.7 Å². The van der Waals surface area contributed by atoms with E-state index in [1.807, 2.05) is 6.08 Å². The molecule has 1 aromatic rings. The third kappa shape index (κ3) is 4.98. The Morgan fingerprint density at radius 2 is 2.11 bits per heavy atom. The summed E-state index contributed by atoms with van der Waals surface area (Å²) < 4.78 is 20.1. The Balaban J connectivity index is 2.38. The lowest BCUT2D eigenvalue weighted by Gasteiger charge is -2.35. The van der Waals surface area contributed by atoms with Crippen molar-refractivity contribution in [3.8, 4) is 5.88 Å². The molecule has 0 aromatic carbocycles. The predicted molar refractivity (Wildman–Crippen MR) is 101 cm³/mol. The van der Waals surface area contributed by atoms with Gasteiger partial charge in [-0.15, -0.1) is 0 Å². The first-order valence-corrected chi connectivity index (χ1v) is 9.48. The molecule has 2 heterocycles. The summed E-state index contributed by atoms with van der Waals surface area (Å²) in [4.78, 5) is 27.1. The zero-order valence-electron chi connectivity index (χ0n) is 16.3. The van der Waals surface area contributed by atoms with Crippen LogP contribution < -0.4 is 4.74 Å². The molecular formula is C18H26N2O6S. The molecule has 1 aliphatic rings. The van der Waals surface area contributed by atoms with Gasteiger partial charge in [-0.05, 0) is 51.2 Å². The van der Waals surface area contributed by atoms with Crippen LogP contribution in [0.3, 0.4) is 0 Å². The zero-order chi connectivity index (χ0) is 20.2. The summed E-state index contributed by atoms with van der Waals surface area (Å²) in [6.07, 6.45) is 1.53. The highest BCUT2D eigenvalue weighted by Gasteiger charge is 2.37. The highest BCUT2D eigenvalue weighted by molar-refractivity contribution is 7.06. The molecule has 2 rings (SSSR count). The maximum atomic E-state index is 12.7. The molecule has 0 saturated heterocycles. The smallest absolute Gasteiger partial charge is 0.411 e. The first-order valence-electron chi connectivity index (χ1n) is 8.70. The quantitative estimate of drug-likeness (QED) is 0.761. The number of esters is 1. The number of amides is 1. The molecule has 8 nitrogen and oxygen atoms in total. The number of carbonyl (C=O) groups excluding carboxylic acids is 2. The van der Waals surface area contributed by atoms with Crippen LogP contribution in [0.1, 0.15) is 44.6 Å². The van der Waals surface area contributed by atoms with Crippen molar-refractivity contribution < 1.29 is 28.9 Å². The van der Waals surface area contributed by atoms with Gasteiger partial charge in [0.05, 0.1) is 37.3 Å². The number of aliphatic hydroxyl groups excluding tert-OH is 1. The number of ether oxygens (including phenoxy) is 3. The number of hydrogen-bond donors (Lipinski definition) is 1. The number of methoxy groups -OCH3 is 1. The molecule has 0 spiro atoms. The fraction of sp³-hybridized carbons (Fsp3) is 0.611. The van der Waals surface area contributed by atoms with Gasteiger partial charge in [-0.2, -0.15) is 4.37 Å². The summed E-state index contributed by atoms with van der Waals surface area (Å²) in [5, 5.41) is 9.60. The number of aromatic nitrogens is 1. The lowest BCUT2D eigenvalue weighted by molar-refractivity contribution is -0.149. The van der Waals surface area contributed by atoms with Crippen molar-refractivity contribution in [3.63, 3.8) is 0 Å². The molecule has 1 aliphatic heterocycles. The standard InChI is InChI=1S/C18H26N2O6S/c1-6-25-16(22)12-8-7-11(9-20(12)17(23)26-18(2,3)4)14-13(10-21)27-19-15(14)24-5/h7,12,21H,6,8-10H2,1-5H3. The minimum atomic E-state index is -0.765. The Bertz CT molecular complexity index is 700. The summed E-state index contributed by atoms with van der Waals surface area (Å²) in [5.41, 5.74) is 0.701. The molecule has 0 fully saturated rings. The van der Waals surface area contributed by atoms with Crippen molar-refractivity contribution in [3.05, 3.63) is 16.5 Å². The van der Waals surface area contributed by atoms with Gasteiger partial charge in [0.25, 0.3) is 0 Å². The summed E-state index contributed by atoms with van der Waals surface area (Å²) in [6.45, 7) is 7.17. The summed E-state index contributed by atoms with van der Waals surface area (Å²) >= 11 is 1.14. The van der Waals surface area contributed by atoms with Gasteiger partial charge in [-0.1, -0.05) is 6.08 Å². The Hall–Kier alpha value is -2.13. The first kappa shape index (κ1) is 21.2. The van der Waals surface area contributed by atoms with E-state index in [0.29, 0.717) is 16.3 Å². The topological polar surface area (TPSA) is 98.2 Å². The number of rotatable bonds is 5. The van der Waals surface area contributed by atoms with E-state index in [-0.39, 0.29) is 26.2 Å². The van der Waals surface area contributed by atoms with Gasteiger partial charge in [0.15, 0.2) is 0 Å². The van der Waals surface area contributed by atoms with E-state index in [0.717, 1.165) is 17.1 Å². The number of carbonyl (C=O) groups is 2. The van der Waals surface area contributed by atoms with Crippen LogP contribution in [0.4, 0.5) is 4.79 Å². The summed E-state index contributed by atoms with van der Waals surface area (Å²) in [7, 11) is 1.50. The van der Waals surface area contributed by atoms with Gasteiger partial charge in [-0.3, -0.25) is 4.90 Å². The second kappa shape index (κ2) is 8.71. The number of aliphatic hydroxyl groups is 1. The molecule has 0 bridgehead atoms. The van der Waals surface area contributed by atoms with Gasteiger partial charge in [0, 0.05) is 0 Å². The van der Waals surface area contributed by atoms with Crippen molar-refractivity contribution in [2.75, 3.05) is 20.3 Å². The second-order valence-electron chi connectivity index (χ2n) is 6.99. The number of hydrogen-bond acceptors (Lipinski definition) is 8. The molecule has 1 unspecified atom stereocenters. The van der Waals surface area contributed by atoms with Crippen molar-refractivity contribution in [2.45, 2.75) is 52.4 Å². The van der Waals surface area contributed by atoms with Crippen molar-refractivity contribution in [2.24, 2.45) is 0 Å². The molecular weight excluding hydrogens is 372 g/mol. The Labute approximate surface area is 162 Å². The van der Waals surface area contributed by atoms with Crippen LogP contribution in [0.5, 0.6) is 5.88 Å². The fourth-order valence-electron chi connectivity index (χ4n) is 2.77. The van der Waals surface area contributed by atoms with Crippen molar-refractivity contribution >= 4 is 29.2 Å². The maximum absolute atomic E-state index is 12.7. The van der Waals surface area contributed by atoms with Gasteiger partial charge in [-0.25, -0.2) is 9.59 Å². The predicted octanol–water partition coefficient (Wildman–Crippen LogP) is 2.60. The molecule has 1 atom stereocenters. The molecule has 0 radical (unpaired) electrons. The first-order chi connectivity index (χ1) is 12.7. The normalized spacial score (nSPS) is 17.3. The summed E-state index contributed by atoms with van der Waals surface area (Å²) in [5.74, 6) is -0.0922. The Kier molecular flexibility index (Phi) is 6.83. The molecule has 150 valence electrons. The van der Waals surface area contributed by atoms with E-state index < -0.39 is 23.7 Å².